The van der Waals surface area contributed by atoms with Gasteiger partial charge in [0.15, 0.2) is 0 Å². The molecule has 3 rings (SSSR count). The van der Waals surface area contributed by atoms with Crippen molar-refractivity contribution in [2.45, 2.75) is 38.8 Å². The molecule has 1 aromatic heterocycles. The number of aromatic nitrogens is 2. The number of hydrogen-bond donors (Lipinski definition) is 1. The largest absolute Gasteiger partial charge is 0.368 e. The van der Waals surface area contributed by atoms with E-state index in [4.69, 9.17) is 4.74 Å². The molecule has 1 amide bonds. The number of imidazole rings is 1. The summed E-state index contributed by atoms with van der Waals surface area (Å²) in [6.07, 6.45) is 5.76. The molecule has 1 aliphatic heterocycles. The van der Waals surface area contributed by atoms with Crippen LogP contribution in [0.2, 0.25) is 0 Å². The van der Waals surface area contributed by atoms with Crippen LogP contribution >= 0.6 is 0 Å². The fraction of sp³-hybridized carbons (Fsp3) is 0.750. The SMILES string of the molecule is CCN1CCN(C(=O)[C@@H](C)OCC2CC2)C[C@@H]1c1ncc[nH]1. The van der Waals surface area contributed by atoms with E-state index in [-0.39, 0.29) is 18.1 Å². The molecule has 1 saturated heterocycles. The van der Waals surface area contributed by atoms with Crippen LogP contribution < -0.4 is 0 Å². The zero-order valence-corrected chi connectivity index (χ0v) is 13.5. The molecule has 2 aliphatic rings. The van der Waals surface area contributed by atoms with Gasteiger partial charge in [-0.1, -0.05) is 6.92 Å². The van der Waals surface area contributed by atoms with Crippen LogP contribution in [0.4, 0.5) is 0 Å². The van der Waals surface area contributed by atoms with Crippen molar-refractivity contribution in [3.63, 3.8) is 0 Å². The Balaban J connectivity index is 1.60. The predicted octanol–water partition coefficient (Wildman–Crippen LogP) is 1.43. The quantitative estimate of drug-likeness (QED) is 0.864. The Morgan fingerprint density at radius 3 is 2.95 bits per heavy atom. The number of carbonyl (C=O) groups excluding carboxylic acids is 1. The molecule has 1 aromatic rings. The van der Waals surface area contributed by atoms with Gasteiger partial charge in [0.1, 0.15) is 11.9 Å². The highest BCUT2D eigenvalue weighted by Crippen LogP contribution is 2.29. The summed E-state index contributed by atoms with van der Waals surface area (Å²) in [6, 6.07) is 0.147. The number of aromatic amines is 1. The van der Waals surface area contributed by atoms with Crippen LogP contribution in [0.25, 0.3) is 0 Å². The van der Waals surface area contributed by atoms with Gasteiger partial charge in [-0.05, 0) is 32.2 Å². The number of amides is 1. The van der Waals surface area contributed by atoms with E-state index in [0.717, 1.165) is 32.1 Å². The molecule has 0 bridgehead atoms. The zero-order valence-electron chi connectivity index (χ0n) is 13.5. The summed E-state index contributed by atoms with van der Waals surface area (Å²) in [5.74, 6) is 1.72. The second kappa shape index (κ2) is 6.79. The van der Waals surface area contributed by atoms with Crippen LogP contribution in [-0.2, 0) is 9.53 Å². The number of nitrogens with zero attached hydrogens (tertiary/aromatic N) is 3. The first-order chi connectivity index (χ1) is 10.7. The van der Waals surface area contributed by atoms with E-state index in [2.05, 4.69) is 21.8 Å². The van der Waals surface area contributed by atoms with Crippen molar-refractivity contribution in [1.29, 1.82) is 0 Å². The summed E-state index contributed by atoms with van der Waals surface area (Å²) in [5.41, 5.74) is 0. The number of rotatable bonds is 6. The minimum atomic E-state index is -0.342. The molecule has 22 heavy (non-hydrogen) atoms. The van der Waals surface area contributed by atoms with Gasteiger partial charge in [-0.3, -0.25) is 9.69 Å². The lowest BCUT2D eigenvalue weighted by atomic mass is 10.1. The maximum atomic E-state index is 12.6. The summed E-state index contributed by atoms with van der Waals surface area (Å²) < 4.78 is 5.73. The average Bonchev–Trinajstić information content (AvgIpc) is 3.22. The van der Waals surface area contributed by atoms with Gasteiger partial charge >= 0.3 is 0 Å². The second-order valence-electron chi connectivity index (χ2n) is 6.32. The van der Waals surface area contributed by atoms with Gasteiger partial charge in [-0.25, -0.2) is 4.98 Å². The van der Waals surface area contributed by atoms with Crippen molar-refractivity contribution in [2.75, 3.05) is 32.8 Å². The molecule has 1 saturated carbocycles. The molecule has 0 unspecified atom stereocenters. The number of hydrogen-bond acceptors (Lipinski definition) is 4. The minimum Gasteiger partial charge on any atom is -0.368 e. The number of ether oxygens (including phenoxy) is 1. The summed E-state index contributed by atoms with van der Waals surface area (Å²) in [4.78, 5) is 24.4. The Labute approximate surface area is 131 Å². The molecular formula is C16H26N4O2. The Morgan fingerprint density at radius 2 is 2.32 bits per heavy atom. The van der Waals surface area contributed by atoms with Crippen molar-refractivity contribution >= 4 is 5.91 Å². The van der Waals surface area contributed by atoms with E-state index >= 15 is 0 Å². The lowest BCUT2D eigenvalue weighted by molar-refractivity contribution is -0.146. The van der Waals surface area contributed by atoms with Crippen LogP contribution in [0, 0.1) is 5.92 Å². The molecule has 6 nitrogen and oxygen atoms in total. The first kappa shape index (κ1) is 15.5. The van der Waals surface area contributed by atoms with Gasteiger partial charge in [-0.2, -0.15) is 0 Å². The van der Waals surface area contributed by atoms with Crippen LogP contribution in [0.15, 0.2) is 12.4 Å². The molecule has 1 N–H and O–H groups in total. The molecule has 0 radical (unpaired) electrons. The fourth-order valence-electron chi connectivity index (χ4n) is 3.01. The van der Waals surface area contributed by atoms with E-state index in [1.807, 2.05) is 18.0 Å². The number of H-pyrrole nitrogens is 1. The van der Waals surface area contributed by atoms with Crippen molar-refractivity contribution in [3.8, 4) is 0 Å². The molecule has 1 aliphatic carbocycles. The smallest absolute Gasteiger partial charge is 0.251 e. The fourth-order valence-corrected chi connectivity index (χ4v) is 3.01. The van der Waals surface area contributed by atoms with Crippen LogP contribution in [0.1, 0.15) is 38.6 Å². The van der Waals surface area contributed by atoms with E-state index in [0.29, 0.717) is 12.5 Å². The average molecular weight is 306 g/mol. The Bertz CT molecular complexity index is 486. The molecule has 2 atom stereocenters. The highest BCUT2D eigenvalue weighted by molar-refractivity contribution is 5.80. The first-order valence-electron chi connectivity index (χ1n) is 8.32. The van der Waals surface area contributed by atoms with Gasteiger partial charge in [0.25, 0.3) is 5.91 Å². The monoisotopic (exact) mass is 306 g/mol. The number of nitrogens with one attached hydrogen (secondary N) is 1. The maximum Gasteiger partial charge on any atom is 0.251 e. The highest BCUT2D eigenvalue weighted by atomic mass is 16.5. The van der Waals surface area contributed by atoms with Crippen LogP contribution in [0.3, 0.4) is 0 Å². The van der Waals surface area contributed by atoms with Crippen molar-refractivity contribution in [3.05, 3.63) is 18.2 Å². The third kappa shape index (κ3) is 3.50. The maximum absolute atomic E-state index is 12.6. The Kier molecular flexibility index (Phi) is 4.78. The van der Waals surface area contributed by atoms with Gasteiger partial charge in [0.05, 0.1) is 12.6 Å². The third-order valence-corrected chi connectivity index (χ3v) is 4.67. The van der Waals surface area contributed by atoms with Gasteiger partial charge in [0.2, 0.25) is 0 Å². The van der Waals surface area contributed by atoms with Crippen LogP contribution in [0.5, 0.6) is 0 Å². The number of piperazine rings is 1. The van der Waals surface area contributed by atoms with Crippen LogP contribution in [-0.4, -0.2) is 64.6 Å². The molecular weight excluding hydrogens is 280 g/mol. The lowest BCUT2D eigenvalue weighted by Crippen LogP contribution is -2.53. The molecule has 122 valence electrons. The number of likely N-dealkylation sites (N-methyl/N-ethyl adjacent to an activating group) is 1. The Morgan fingerprint density at radius 1 is 1.50 bits per heavy atom. The normalized spacial score (nSPS) is 24.5. The molecule has 6 heteroatoms. The van der Waals surface area contributed by atoms with E-state index in [1.165, 1.54) is 12.8 Å². The summed E-state index contributed by atoms with van der Waals surface area (Å²) in [5, 5.41) is 0. The lowest BCUT2D eigenvalue weighted by Gasteiger charge is -2.40. The Hall–Kier alpha value is -1.40. The van der Waals surface area contributed by atoms with Crippen molar-refractivity contribution < 1.29 is 9.53 Å². The van der Waals surface area contributed by atoms with E-state index in [1.54, 1.807) is 6.20 Å². The summed E-state index contributed by atoms with van der Waals surface area (Å²) >= 11 is 0. The van der Waals surface area contributed by atoms with Crippen molar-refractivity contribution in [1.82, 2.24) is 19.8 Å². The zero-order chi connectivity index (χ0) is 15.5. The standard InChI is InChI=1S/C16H26N4O2/c1-3-19-8-9-20(10-14(19)15-17-6-7-18-15)16(21)12(2)22-11-13-4-5-13/h6-7,12-14H,3-5,8-11H2,1-2H3,(H,17,18)/t12-,14-/m1/s1. The molecule has 2 heterocycles. The summed E-state index contributed by atoms with van der Waals surface area (Å²) in [7, 11) is 0. The summed E-state index contributed by atoms with van der Waals surface area (Å²) in [6.45, 7) is 8.03. The first-order valence-corrected chi connectivity index (χ1v) is 8.32. The van der Waals surface area contributed by atoms with Gasteiger partial charge < -0.3 is 14.6 Å². The second-order valence-corrected chi connectivity index (χ2v) is 6.32. The molecule has 0 spiro atoms. The number of carbonyl (C=O) groups is 1. The highest BCUT2D eigenvalue weighted by Gasteiger charge is 2.33. The minimum absolute atomic E-state index is 0.105. The third-order valence-electron chi connectivity index (χ3n) is 4.67. The molecule has 0 aromatic carbocycles. The van der Waals surface area contributed by atoms with Crippen molar-refractivity contribution in [2.24, 2.45) is 5.92 Å². The van der Waals surface area contributed by atoms with Gasteiger partial charge in [-0.15, -0.1) is 0 Å². The van der Waals surface area contributed by atoms with E-state index < -0.39 is 0 Å². The molecule has 2 fully saturated rings. The van der Waals surface area contributed by atoms with E-state index in [9.17, 15) is 4.79 Å². The topological polar surface area (TPSA) is 61.5 Å². The van der Waals surface area contributed by atoms with Gasteiger partial charge in [0, 0.05) is 32.0 Å². The predicted molar refractivity (Wildman–Crippen MR) is 83.3 cm³/mol.